The lowest BCUT2D eigenvalue weighted by Crippen LogP contribution is -2.23. The molecule has 0 saturated heterocycles. The third-order valence-electron chi connectivity index (χ3n) is 3.76. The summed E-state index contributed by atoms with van der Waals surface area (Å²) in [5.41, 5.74) is 1.72. The van der Waals surface area contributed by atoms with Crippen molar-refractivity contribution in [3.63, 3.8) is 0 Å². The van der Waals surface area contributed by atoms with Crippen LogP contribution in [0.3, 0.4) is 0 Å². The lowest BCUT2D eigenvalue weighted by Gasteiger charge is -2.10. The molecule has 23 heavy (non-hydrogen) atoms. The van der Waals surface area contributed by atoms with Crippen molar-refractivity contribution in [2.24, 2.45) is 0 Å². The van der Waals surface area contributed by atoms with Crippen molar-refractivity contribution in [3.05, 3.63) is 83.2 Å². The smallest absolute Gasteiger partial charge is 0.252 e. The van der Waals surface area contributed by atoms with Crippen molar-refractivity contribution in [1.29, 1.82) is 5.41 Å². The topological polar surface area (TPSA) is 53.0 Å². The van der Waals surface area contributed by atoms with E-state index in [9.17, 15) is 9.18 Å². The molecule has 0 saturated carbocycles. The first-order valence-electron chi connectivity index (χ1n) is 7.24. The van der Waals surface area contributed by atoms with Gasteiger partial charge in [-0.1, -0.05) is 48.5 Å². The maximum Gasteiger partial charge on any atom is 0.252 e. The predicted molar refractivity (Wildman–Crippen MR) is 89.4 cm³/mol. The van der Waals surface area contributed by atoms with Crippen LogP contribution in [0, 0.1) is 11.2 Å². The molecule has 3 nitrogen and oxygen atoms in total. The van der Waals surface area contributed by atoms with E-state index in [-0.39, 0.29) is 18.3 Å². The molecule has 0 aliphatic heterocycles. The molecule has 3 aromatic carbocycles. The lowest BCUT2D eigenvalue weighted by molar-refractivity contribution is 0.0952. The Kier molecular flexibility index (Phi) is 4.15. The van der Waals surface area contributed by atoms with Gasteiger partial charge >= 0.3 is 0 Å². The number of fused-ring (bicyclic) bond motifs is 1. The Morgan fingerprint density at radius 2 is 1.70 bits per heavy atom. The summed E-state index contributed by atoms with van der Waals surface area (Å²) in [4.78, 5) is 12.5. The zero-order valence-electron chi connectivity index (χ0n) is 12.3. The molecule has 4 heteroatoms. The van der Waals surface area contributed by atoms with Crippen molar-refractivity contribution in [2.75, 3.05) is 0 Å². The fourth-order valence-corrected chi connectivity index (χ4v) is 2.56. The summed E-state index contributed by atoms with van der Waals surface area (Å²) < 4.78 is 13.6. The molecule has 2 N–H and O–H groups in total. The Bertz CT molecular complexity index is 889. The number of hydrogen-bond acceptors (Lipinski definition) is 2. The molecule has 0 atom stereocenters. The molecule has 1 amide bonds. The van der Waals surface area contributed by atoms with Gasteiger partial charge in [0.2, 0.25) is 0 Å². The van der Waals surface area contributed by atoms with Crippen LogP contribution >= 0.6 is 0 Å². The van der Waals surface area contributed by atoms with Gasteiger partial charge in [-0.25, -0.2) is 4.39 Å². The van der Waals surface area contributed by atoms with Crippen LogP contribution < -0.4 is 5.32 Å². The molecule has 114 valence electrons. The molecule has 0 aliphatic carbocycles. The van der Waals surface area contributed by atoms with Crippen molar-refractivity contribution in [1.82, 2.24) is 5.32 Å². The summed E-state index contributed by atoms with van der Waals surface area (Å²) >= 11 is 0. The van der Waals surface area contributed by atoms with E-state index in [4.69, 9.17) is 5.41 Å². The second-order valence-electron chi connectivity index (χ2n) is 5.17. The molecule has 0 bridgehead atoms. The first kappa shape index (κ1) is 14.9. The van der Waals surface area contributed by atoms with Crippen LogP contribution in [0.1, 0.15) is 21.5 Å². The third-order valence-corrected chi connectivity index (χ3v) is 3.76. The van der Waals surface area contributed by atoms with E-state index in [2.05, 4.69) is 5.32 Å². The zero-order chi connectivity index (χ0) is 16.2. The number of benzene rings is 3. The molecule has 0 aromatic heterocycles. The molecule has 3 aromatic rings. The highest BCUT2D eigenvalue weighted by molar-refractivity contribution is 6.11. The molecule has 0 radical (unpaired) electrons. The summed E-state index contributed by atoms with van der Waals surface area (Å²) in [5.74, 6) is -0.599. The minimum atomic E-state index is -0.336. The molecular formula is C19H15FN2O. The summed E-state index contributed by atoms with van der Waals surface area (Å²) in [5, 5.41) is 11.8. The van der Waals surface area contributed by atoms with Crippen LogP contribution in [-0.4, -0.2) is 12.1 Å². The van der Waals surface area contributed by atoms with Crippen LogP contribution in [0.2, 0.25) is 0 Å². The van der Waals surface area contributed by atoms with Gasteiger partial charge in [0.1, 0.15) is 5.82 Å². The number of halogens is 1. The summed E-state index contributed by atoms with van der Waals surface area (Å²) in [6, 6.07) is 17.3. The Balaban J connectivity index is 1.90. The number of carbonyl (C=O) groups excluding carboxylic acids is 1. The van der Waals surface area contributed by atoms with E-state index in [1.165, 1.54) is 12.3 Å². The Hall–Kier alpha value is -3.01. The number of nitrogens with one attached hydrogen (secondary N) is 2. The van der Waals surface area contributed by atoms with Gasteiger partial charge in [-0.3, -0.25) is 4.79 Å². The van der Waals surface area contributed by atoms with Gasteiger partial charge < -0.3 is 10.7 Å². The van der Waals surface area contributed by atoms with Gasteiger partial charge in [-0.05, 0) is 28.5 Å². The largest absolute Gasteiger partial charge is 0.348 e. The van der Waals surface area contributed by atoms with Crippen LogP contribution in [0.4, 0.5) is 4.39 Å². The number of hydrogen-bond donors (Lipinski definition) is 2. The van der Waals surface area contributed by atoms with Crippen molar-refractivity contribution in [3.8, 4) is 0 Å². The van der Waals surface area contributed by atoms with E-state index < -0.39 is 0 Å². The SMILES string of the molecule is N=Cc1ccc(C(=O)NCc2ccccc2F)c2ccccc12. The van der Waals surface area contributed by atoms with Gasteiger partial charge in [0.25, 0.3) is 5.91 Å². The summed E-state index contributed by atoms with van der Waals surface area (Å²) in [7, 11) is 0. The van der Waals surface area contributed by atoms with Crippen LogP contribution in [0.15, 0.2) is 60.7 Å². The van der Waals surface area contributed by atoms with Crippen LogP contribution in [0.5, 0.6) is 0 Å². The monoisotopic (exact) mass is 306 g/mol. The second-order valence-corrected chi connectivity index (χ2v) is 5.17. The fraction of sp³-hybridized carbons (Fsp3) is 0.0526. The normalized spacial score (nSPS) is 10.5. The fourth-order valence-electron chi connectivity index (χ4n) is 2.56. The summed E-state index contributed by atoms with van der Waals surface area (Å²) in [6.45, 7) is 0.131. The summed E-state index contributed by atoms with van der Waals surface area (Å²) in [6.07, 6.45) is 1.27. The maximum atomic E-state index is 13.6. The number of amides is 1. The third kappa shape index (κ3) is 2.97. The van der Waals surface area contributed by atoms with Gasteiger partial charge in [0, 0.05) is 23.9 Å². The van der Waals surface area contributed by atoms with E-state index >= 15 is 0 Å². The van der Waals surface area contributed by atoms with Crippen molar-refractivity contribution < 1.29 is 9.18 Å². The molecule has 0 spiro atoms. The van der Waals surface area contributed by atoms with Crippen molar-refractivity contribution in [2.45, 2.75) is 6.54 Å². The highest BCUT2D eigenvalue weighted by Gasteiger charge is 2.12. The minimum Gasteiger partial charge on any atom is -0.348 e. The average molecular weight is 306 g/mol. The zero-order valence-corrected chi connectivity index (χ0v) is 12.3. The second kappa shape index (κ2) is 6.40. The van der Waals surface area contributed by atoms with E-state index in [0.717, 1.165) is 16.3 Å². The molecule has 0 fully saturated rings. The first-order chi connectivity index (χ1) is 11.2. The van der Waals surface area contributed by atoms with Gasteiger partial charge in [-0.15, -0.1) is 0 Å². The number of rotatable bonds is 4. The maximum absolute atomic E-state index is 13.6. The molecule has 0 unspecified atom stereocenters. The quantitative estimate of drug-likeness (QED) is 0.706. The highest BCUT2D eigenvalue weighted by atomic mass is 19.1. The first-order valence-corrected chi connectivity index (χ1v) is 7.24. The Morgan fingerprint density at radius 1 is 1.00 bits per heavy atom. The van der Waals surface area contributed by atoms with E-state index in [0.29, 0.717) is 11.1 Å². The van der Waals surface area contributed by atoms with Crippen molar-refractivity contribution >= 4 is 22.9 Å². The Labute approximate surface area is 133 Å². The van der Waals surface area contributed by atoms with Crippen LogP contribution in [0.25, 0.3) is 10.8 Å². The highest BCUT2D eigenvalue weighted by Crippen LogP contribution is 2.22. The Morgan fingerprint density at radius 3 is 2.43 bits per heavy atom. The minimum absolute atomic E-state index is 0.131. The average Bonchev–Trinajstić information content (AvgIpc) is 2.59. The molecular weight excluding hydrogens is 291 g/mol. The molecule has 0 aliphatic rings. The van der Waals surface area contributed by atoms with Gasteiger partial charge in [-0.2, -0.15) is 0 Å². The van der Waals surface area contributed by atoms with Gasteiger partial charge in [0.05, 0.1) is 0 Å². The number of carbonyl (C=O) groups is 1. The molecule has 3 rings (SSSR count). The molecule has 0 heterocycles. The lowest BCUT2D eigenvalue weighted by atomic mass is 9.99. The van der Waals surface area contributed by atoms with E-state index in [1.54, 1.807) is 30.3 Å². The standard InChI is InChI=1S/C19H15FN2O/c20-18-8-4-1-5-14(18)12-22-19(23)17-10-9-13(11-21)15-6-2-3-7-16(15)17/h1-11,21H,12H2,(H,22,23). The van der Waals surface area contributed by atoms with Gasteiger partial charge in [0.15, 0.2) is 0 Å². The van der Waals surface area contributed by atoms with Crippen LogP contribution in [-0.2, 0) is 6.54 Å². The van der Waals surface area contributed by atoms with E-state index in [1.807, 2.05) is 24.3 Å². The predicted octanol–water partition coefficient (Wildman–Crippen LogP) is 3.91.